The highest BCUT2D eigenvalue weighted by Crippen LogP contribution is 2.31. The summed E-state index contributed by atoms with van der Waals surface area (Å²) in [6.45, 7) is 0. The first-order valence-electron chi connectivity index (χ1n) is 3.42. The number of rotatable bonds is 2. The van der Waals surface area contributed by atoms with E-state index in [1.54, 1.807) is 0 Å². The van der Waals surface area contributed by atoms with Crippen LogP contribution in [0.2, 0.25) is 0 Å². The van der Waals surface area contributed by atoms with Crippen LogP contribution >= 0.6 is 26.6 Å². The highest BCUT2D eigenvalue weighted by atomic mass is 79.9. The van der Waals surface area contributed by atoms with Crippen molar-refractivity contribution >= 4 is 41.4 Å². The van der Waals surface area contributed by atoms with E-state index in [9.17, 15) is 17.2 Å². The molecule has 0 saturated carbocycles. The normalized spacial score (nSPS) is 12.1. The van der Waals surface area contributed by atoms with Crippen molar-refractivity contribution in [3.05, 3.63) is 16.2 Å². The predicted octanol–water partition coefficient (Wildman–Crippen LogP) is 2.29. The molecule has 9 heteroatoms. The molecule has 0 aromatic carbocycles. The lowest BCUT2D eigenvalue weighted by Crippen LogP contribution is -2.05. The minimum absolute atomic E-state index is 0.00650. The minimum atomic E-state index is -4.24. The number of nitrogen functional groups attached to an aromatic ring is 1. The highest BCUT2D eigenvalue weighted by Gasteiger charge is 2.22. The van der Waals surface area contributed by atoms with E-state index in [1.807, 2.05) is 0 Å². The molecule has 4 nitrogen and oxygen atoms in total. The van der Waals surface area contributed by atoms with Crippen molar-refractivity contribution in [1.82, 2.24) is 4.98 Å². The third kappa shape index (κ3) is 2.76. The number of hydrogen-bond acceptors (Lipinski definition) is 4. The van der Waals surface area contributed by atoms with Gasteiger partial charge < -0.3 is 5.73 Å². The summed E-state index contributed by atoms with van der Waals surface area (Å²) < 4.78 is 46.5. The predicted molar refractivity (Wildman–Crippen MR) is 54.3 cm³/mol. The quantitative estimate of drug-likeness (QED) is 0.848. The van der Waals surface area contributed by atoms with Gasteiger partial charge in [-0.05, 0) is 22.0 Å². The third-order valence-electron chi connectivity index (χ3n) is 1.45. The van der Waals surface area contributed by atoms with Gasteiger partial charge in [-0.15, -0.1) is 0 Å². The van der Waals surface area contributed by atoms with E-state index >= 15 is 0 Å². The molecule has 0 fully saturated rings. The number of aromatic nitrogens is 1. The van der Waals surface area contributed by atoms with E-state index in [1.165, 1.54) is 0 Å². The summed E-state index contributed by atoms with van der Waals surface area (Å²) in [5.74, 6) is 0. The van der Waals surface area contributed by atoms with E-state index < -0.39 is 26.2 Å². The Hall–Kier alpha value is -0.470. The van der Waals surface area contributed by atoms with Gasteiger partial charge in [-0.1, -0.05) is 0 Å². The molecule has 0 saturated heterocycles. The van der Waals surface area contributed by atoms with Gasteiger partial charge in [0.15, 0.2) is 5.03 Å². The molecule has 0 aliphatic heterocycles. The fraction of sp³-hybridized carbons (Fsp3) is 0.167. The van der Waals surface area contributed by atoms with Crippen molar-refractivity contribution in [3.63, 3.8) is 0 Å². The van der Waals surface area contributed by atoms with Crippen molar-refractivity contribution in [3.8, 4) is 0 Å². The van der Waals surface area contributed by atoms with Crippen LogP contribution in [0.1, 0.15) is 12.1 Å². The van der Waals surface area contributed by atoms with Gasteiger partial charge in [0.25, 0.3) is 15.5 Å². The Kier molecular flexibility index (Phi) is 3.51. The van der Waals surface area contributed by atoms with Crippen LogP contribution in [-0.4, -0.2) is 13.4 Å². The molecule has 0 aliphatic rings. The summed E-state index contributed by atoms with van der Waals surface area (Å²) in [5, 5.41) is -0.770. The Bertz CT molecular complexity index is 494. The van der Waals surface area contributed by atoms with E-state index in [4.69, 9.17) is 16.4 Å². The standard InChI is InChI=1S/C6H4BrClF2N2O2S/c7-2-1-3(5(9)10)12-6(4(2)11)15(8,13)14/h1,5H,11H2. The summed E-state index contributed by atoms with van der Waals surface area (Å²) in [4.78, 5) is 3.18. The number of alkyl halides is 2. The highest BCUT2D eigenvalue weighted by molar-refractivity contribution is 9.10. The second-order valence-corrected chi connectivity index (χ2v) is 5.82. The van der Waals surface area contributed by atoms with Crippen LogP contribution in [0.5, 0.6) is 0 Å². The van der Waals surface area contributed by atoms with Gasteiger partial charge in [0.1, 0.15) is 5.69 Å². The van der Waals surface area contributed by atoms with Gasteiger partial charge in [0.05, 0.1) is 5.69 Å². The molecule has 0 bridgehead atoms. The molecule has 15 heavy (non-hydrogen) atoms. The average molecular weight is 322 g/mol. The van der Waals surface area contributed by atoms with Crippen LogP contribution in [0.4, 0.5) is 14.5 Å². The van der Waals surface area contributed by atoms with Crippen molar-refractivity contribution in [2.75, 3.05) is 5.73 Å². The number of pyridine rings is 1. The lowest BCUT2D eigenvalue weighted by Gasteiger charge is -2.06. The monoisotopic (exact) mass is 320 g/mol. The second kappa shape index (κ2) is 4.18. The molecule has 0 atom stereocenters. The summed E-state index contributed by atoms with van der Waals surface area (Å²) in [5.41, 5.74) is 4.31. The molecule has 0 amide bonds. The fourth-order valence-electron chi connectivity index (χ4n) is 0.817. The second-order valence-electron chi connectivity index (χ2n) is 2.49. The van der Waals surface area contributed by atoms with Crippen molar-refractivity contribution < 1.29 is 17.2 Å². The first-order valence-corrected chi connectivity index (χ1v) is 6.52. The molecule has 0 unspecified atom stereocenters. The maximum atomic E-state index is 12.3. The smallest absolute Gasteiger partial charge is 0.280 e. The molecular formula is C6H4BrClF2N2O2S. The van der Waals surface area contributed by atoms with Gasteiger partial charge in [-0.3, -0.25) is 0 Å². The molecule has 1 aromatic rings. The summed E-state index contributed by atoms with van der Waals surface area (Å²) in [6, 6.07) is 0.936. The van der Waals surface area contributed by atoms with Crippen molar-refractivity contribution in [1.29, 1.82) is 0 Å². The lowest BCUT2D eigenvalue weighted by atomic mass is 10.3. The Morgan fingerprint density at radius 1 is 1.53 bits per heavy atom. The molecule has 2 N–H and O–H groups in total. The van der Waals surface area contributed by atoms with Crippen LogP contribution in [0.3, 0.4) is 0 Å². The summed E-state index contributed by atoms with van der Waals surface area (Å²) in [7, 11) is 0.737. The molecule has 0 spiro atoms. The van der Waals surface area contributed by atoms with E-state index in [2.05, 4.69) is 20.9 Å². The Morgan fingerprint density at radius 2 is 2.07 bits per heavy atom. The molecule has 1 heterocycles. The number of nitrogens with zero attached hydrogens (tertiary/aromatic N) is 1. The minimum Gasteiger partial charge on any atom is -0.395 e. The van der Waals surface area contributed by atoms with Crippen LogP contribution in [-0.2, 0) is 9.05 Å². The first-order chi connectivity index (χ1) is 6.73. The number of halogens is 4. The van der Waals surface area contributed by atoms with Crippen molar-refractivity contribution in [2.24, 2.45) is 0 Å². The topological polar surface area (TPSA) is 73.0 Å². The van der Waals surface area contributed by atoms with Crippen molar-refractivity contribution in [2.45, 2.75) is 11.5 Å². The molecule has 84 valence electrons. The molecule has 1 aromatic heterocycles. The lowest BCUT2D eigenvalue weighted by molar-refractivity contribution is 0.145. The van der Waals surface area contributed by atoms with Gasteiger partial charge in [-0.2, -0.15) is 0 Å². The average Bonchev–Trinajstić information content (AvgIpc) is 2.06. The maximum absolute atomic E-state index is 12.3. The van der Waals surface area contributed by atoms with Crippen LogP contribution < -0.4 is 5.73 Å². The number of nitrogens with two attached hydrogens (primary N) is 1. The molecule has 0 radical (unpaired) electrons. The van der Waals surface area contributed by atoms with E-state index in [-0.39, 0.29) is 10.2 Å². The SMILES string of the molecule is Nc1c(Br)cc(C(F)F)nc1S(=O)(=O)Cl. The van der Waals surface area contributed by atoms with Gasteiger partial charge >= 0.3 is 0 Å². The zero-order chi connectivity index (χ0) is 11.8. The third-order valence-corrected chi connectivity index (χ3v) is 3.32. The molecular weight excluding hydrogens is 317 g/mol. The fourth-order valence-corrected chi connectivity index (χ4v) is 2.31. The zero-order valence-electron chi connectivity index (χ0n) is 6.92. The van der Waals surface area contributed by atoms with Crippen LogP contribution in [0.15, 0.2) is 15.6 Å². The molecule has 0 aliphatic carbocycles. The number of anilines is 1. The van der Waals surface area contributed by atoms with E-state index in [0.29, 0.717) is 0 Å². The Balaban J connectivity index is 3.52. The Labute approximate surface area is 97.0 Å². The Morgan fingerprint density at radius 3 is 2.47 bits per heavy atom. The van der Waals surface area contributed by atoms with Gasteiger partial charge in [-0.25, -0.2) is 22.2 Å². The summed E-state index contributed by atoms with van der Waals surface area (Å²) in [6.07, 6.45) is -2.90. The van der Waals surface area contributed by atoms with Gasteiger partial charge in [0, 0.05) is 15.2 Å². The molecule has 1 rings (SSSR count). The summed E-state index contributed by atoms with van der Waals surface area (Å²) >= 11 is 2.84. The van der Waals surface area contributed by atoms with Gasteiger partial charge in [0.2, 0.25) is 0 Å². The zero-order valence-corrected chi connectivity index (χ0v) is 10.1. The number of hydrogen-bond donors (Lipinski definition) is 1. The van der Waals surface area contributed by atoms with Crippen LogP contribution in [0.25, 0.3) is 0 Å². The first kappa shape index (κ1) is 12.6. The van der Waals surface area contributed by atoms with E-state index in [0.717, 1.165) is 6.07 Å². The van der Waals surface area contributed by atoms with Crippen LogP contribution in [0, 0.1) is 0 Å². The largest absolute Gasteiger partial charge is 0.395 e. The maximum Gasteiger partial charge on any atom is 0.280 e.